The van der Waals surface area contributed by atoms with Crippen molar-refractivity contribution < 1.29 is 4.39 Å². The van der Waals surface area contributed by atoms with Crippen molar-refractivity contribution in [3.63, 3.8) is 0 Å². The van der Waals surface area contributed by atoms with E-state index in [1.807, 2.05) is 35.0 Å². The Labute approximate surface area is 118 Å². The minimum atomic E-state index is -0.187. The van der Waals surface area contributed by atoms with Gasteiger partial charge in [-0.15, -0.1) is 0 Å². The first-order chi connectivity index (χ1) is 9.15. The number of nitrogens with zero attached hydrogens (tertiary/aromatic N) is 1. The third kappa shape index (κ3) is 2.24. The molecule has 3 aromatic rings. The van der Waals surface area contributed by atoms with Crippen molar-refractivity contribution in [3.05, 3.63) is 64.5 Å². The van der Waals surface area contributed by atoms with Crippen molar-refractivity contribution in [3.8, 4) is 0 Å². The maximum Gasteiger partial charge on any atom is 0.132 e. The SMILES string of the molecule is Nc1ccc(Cn2ccc3c(F)cccc32)c(Br)c1. The molecule has 2 nitrogen and oxygen atoms in total. The maximum absolute atomic E-state index is 13.6. The second-order valence-corrected chi connectivity index (χ2v) is 5.32. The van der Waals surface area contributed by atoms with Crippen LogP contribution in [-0.2, 0) is 6.54 Å². The second-order valence-electron chi connectivity index (χ2n) is 4.47. The van der Waals surface area contributed by atoms with Gasteiger partial charge in [0.25, 0.3) is 0 Å². The molecule has 4 heteroatoms. The third-order valence-electron chi connectivity index (χ3n) is 3.18. The topological polar surface area (TPSA) is 30.9 Å². The Morgan fingerprint density at radius 3 is 2.79 bits per heavy atom. The van der Waals surface area contributed by atoms with E-state index in [0.717, 1.165) is 21.2 Å². The Kier molecular flexibility index (Phi) is 3.03. The number of nitrogens with two attached hydrogens (primary N) is 1. The molecule has 1 heterocycles. The molecule has 19 heavy (non-hydrogen) atoms. The summed E-state index contributed by atoms with van der Waals surface area (Å²) in [7, 11) is 0. The molecular formula is C15H12BrFN2. The quantitative estimate of drug-likeness (QED) is 0.706. The maximum atomic E-state index is 13.6. The average Bonchev–Trinajstić information content (AvgIpc) is 2.78. The van der Waals surface area contributed by atoms with Crippen molar-refractivity contribution in [2.45, 2.75) is 6.54 Å². The van der Waals surface area contributed by atoms with Gasteiger partial charge < -0.3 is 10.3 Å². The van der Waals surface area contributed by atoms with E-state index in [1.165, 1.54) is 6.07 Å². The van der Waals surface area contributed by atoms with Gasteiger partial charge in [-0.3, -0.25) is 0 Å². The number of nitrogen functional groups attached to an aromatic ring is 1. The number of rotatable bonds is 2. The van der Waals surface area contributed by atoms with Gasteiger partial charge >= 0.3 is 0 Å². The van der Waals surface area contributed by atoms with Crippen molar-refractivity contribution in [1.29, 1.82) is 0 Å². The molecule has 0 bridgehead atoms. The van der Waals surface area contributed by atoms with Crippen molar-refractivity contribution >= 4 is 32.5 Å². The molecule has 96 valence electrons. The summed E-state index contributed by atoms with van der Waals surface area (Å²) in [5.41, 5.74) is 8.45. The van der Waals surface area contributed by atoms with Crippen LogP contribution in [0, 0.1) is 5.82 Å². The van der Waals surface area contributed by atoms with Crippen LogP contribution < -0.4 is 5.73 Å². The lowest BCUT2D eigenvalue weighted by atomic mass is 10.2. The molecule has 2 aromatic carbocycles. The van der Waals surface area contributed by atoms with Crippen LogP contribution in [0.5, 0.6) is 0 Å². The fourth-order valence-corrected chi connectivity index (χ4v) is 2.72. The molecule has 0 atom stereocenters. The number of fused-ring (bicyclic) bond motifs is 1. The summed E-state index contributed by atoms with van der Waals surface area (Å²) in [5, 5.41) is 0.647. The summed E-state index contributed by atoms with van der Waals surface area (Å²) < 4.78 is 16.6. The van der Waals surface area contributed by atoms with Gasteiger partial charge in [0, 0.05) is 28.3 Å². The van der Waals surface area contributed by atoms with Gasteiger partial charge in [-0.25, -0.2) is 4.39 Å². The van der Waals surface area contributed by atoms with E-state index in [4.69, 9.17) is 5.73 Å². The summed E-state index contributed by atoms with van der Waals surface area (Å²) in [6.07, 6.45) is 1.90. The van der Waals surface area contributed by atoms with Gasteiger partial charge in [0.2, 0.25) is 0 Å². The number of anilines is 1. The average molecular weight is 319 g/mol. The number of hydrogen-bond donors (Lipinski definition) is 1. The van der Waals surface area contributed by atoms with E-state index in [2.05, 4.69) is 15.9 Å². The lowest BCUT2D eigenvalue weighted by molar-refractivity contribution is 0.639. The van der Waals surface area contributed by atoms with Gasteiger partial charge in [-0.2, -0.15) is 0 Å². The highest BCUT2D eigenvalue weighted by Crippen LogP contribution is 2.24. The lowest BCUT2D eigenvalue weighted by Gasteiger charge is -2.08. The Balaban J connectivity index is 2.04. The van der Waals surface area contributed by atoms with Gasteiger partial charge in [-0.1, -0.05) is 28.1 Å². The number of aromatic nitrogens is 1. The van der Waals surface area contributed by atoms with E-state index in [1.54, 1.807) is 12.1 Å². The Morgan fingerprint density at radius 2 is 2.00 bits per heavy atom. The minimum Gasteiger partial charge on any atom is -0.399 e. The minimum absolute atomic E-state index is 0.187. The van der Waals surface area contributed by atoms with E-state index in [0.29, 0.717) is 11.9 Å². The predicted octanol–water partition coefficient (Wildman–Crippen LogP) is 4.17. The molecular weight excluding hydrogens is 307 g/mol. The number of halogens is 2. The van der Waals surface area contributed by atoms with Crippen LogP contribution in [0.15, 0.2) is 53.1 Å². The van der Waals surface area contributed by atoms with Crippen molar-refractivity contribution in [1.82, 2.24) is 4.57 Å². The molecule has 0 fully saturated rings. The summed E-state index contributed by atoms with van der Waals surface area (Å²) >= 11 is 3.50. The van der Waals surface area contributed by atoms with E-state index in [-0.39, 0.29) is 5.82 Å². The molecule has 0 unspecified atom stereocenters. The number of hydrogen-bond acceptors (Lipinski definition) is 1. The van der Waals surface area contributed by atoms with E-state index < -0.39 is 0 Å². The van der Waals surface area contributed by atoms with Gasteiger partial charge in [0.15, 0.2) is 0 Å². The normalized spacial score (nSPS) is 11.1. The zero-order valence-electron chi connectivity index (χ0n) is 10.1. The van der Waals surface area contributed by atoms with Crippen LogP contribution in [0.1, 0.15) is 5.56 Å². The third-order valence-corrected chi connectivity index (χ3v) is 3.92. The molecule has 3 rings (SSSR count). The molecule has 0 saturated carbocycles. The molecule has 1 aromatic heterocycles. The van der Waals surface area contributed by atoms with E-state index >= 15 is 0 Å². The highest BCUT2D eigenvalue weighted by molar-refractivity contribution is 9.10. The van der Waals surface area contributed by atoms with Crippen molar-refractivity contribution in [2.24, 2.45) is 0 Å². The fourth-order valence-electron chi connectivity index (χ4n) is 2.20. The molecule has 2 N–H and O–H groups in total. The second kappa shape index (κ2) is 4.70. The Morgan fingerprint density at radius 1 is 1.16 bits per heavy atom. The van der Waals surface area contributed by atoms with Gasteiger partial charge in [0.05, 0.1) is 5.52 Å². The Hall–Kier alpha value is -1.81. The monoisotopic (exact) mass is 318 g/mol. The first-order valence-electron chi connectivity index (χ1n) is 5.92. The van der Waals surface area contributed by atoms with Crippen LogP contribution in [0.4, 0.5) is 10.1 Å². The van der Waals surface area contributed by atoms with Gasteiger partial charge in [-0.05, 0) is 35.9 Å². The van der Waals surface area contributed by atoms with Crippen molar-refractivity contribution in [2.75, 3.05) is 5.73 Å². The van der Waals surface area contributed by atoms with Gasteiger partial charge in [0.1, 0.15) is 5.82 Å². The molecule has 0 aliphatic carbocycles. The molecule has 0 aliphatic rings. The molecule has 0 radical (unpaired) electrons. The summed E-state index contributed by atoms with van der Waals surface area (Å²) in [6, 6.07) is 12.6. The lowest BCUT2D eigenvalue weighted by Crippen LogP contribution is -1.99. The van der Waals surface area contributed by atoms with Crippen LogP contribution in [0.3, 0.4) is 0 Å². The molecule has 0 aliphatic heterocycles. The smallest absolute Gasteiger partial charge is 0.132 e. The summed E-state index contributed by atoms with van der Waals surface area (Å²) in [5.74, 6) is -0.187. The zero-order valence-corrected chi connectivity index (χ0v) is 11.7. The van der Waals surface area contributed by atoms with Crippen LogP contribution >= 0.6 is 15.9 Å². The fraction of sp³-hybridized carbons (Fsp3) is 0.0667. The molecule has 0 spiro atoms. The standard InChI is InChI=1S/C15H12BrFN2/c16-13-8-11(18)5-4-10(13)9-19-7-6-12-14(17)2-1-3-15(12)19/h1-8H,9,18H2. The van der Waals surface area contributed by atoms with Crippen LogP contribution in [0.25, 0.3) is 10.9 Å². The highest BCUT2D eigenvalue weighted by atomic mass is 79.9. The Bertz CT molecular complexity index is 749. The van der Waals surface area contributed by atoms with E-state index in [9.17, 15) is 4.39 Å². The summed E-state index contributed by atoms with van der Waals surface area (Å²) in [4.78, 5) is 0. The first kappa shape index (κ1) is 12.2. The van der Waals surface area contributed by atoms with Crippen LogP contribution in [0.2, 0.25) is 0 Å². The highest BCUT2D eigenvalue weighted by Gasteiger charge is 2.07. The zero-order chi connectivity index (χ0) is 13.4. The first-order valence-corrected chi connectivity index (χ1v) is 6.72. The molecule has 0 amide bonds. The predicted molar refractivity (Wildman–Crippen MR) is 79.6 cm³/mol. The summed E-state index contributed by atoms with van der Waals surface area (Å²) in [6.45, 7) is 0.674. The van der Waals surface area contributed by atoms with Crippen LogP contribution in [-0.4, -0.2) is 4.57 Å². The molecule has 0 saturated heterocycles. The largest absolute Gasteiger partial charge is 0.399 e. The number of benzene rings is 2.